The lowest BCUT2D eigenvalue weighted by molar-refractivity contribution is 0.476. The number of phenolic OH excluding ortho intramolecular Hbond substituents is 1. The van der Waals surface area contributed by atoms with Gasteiger partial charge in [0, 0.05) is 22.3 Å². The van der Waals surface area contributed by atoms with E-state index in [4.69, 9.17) is 0 Å². The van der Waals surface area contributed by atoms with Crippen LogP contribution in [0.1, 0.15) is 12.6 Å². The quantitative estimate of drug-likeness (QED) is 0.858. The van der Waals surface area contributed by atoms with Crippen LogP contribution >= 0.6 is 0 Å². The van der Waals surface area contributed by atoms with Gasteiger partial charge in [0.15, 0.2) is 9.84 Å². The Balaban J connectivity index is 2.40. The molecule has 0 spiro atoms. The second-order valence-electron chi connectivity index (χ2n) is 3.74. The van der Waals surface area contributed by atoms with E-state index in [2.05, 4.69) is 4.98 Å². The van der Waals surface area contributed by atoms with E-state index < -0.39 is 9.84 Å². The third-order valence-corrected chi connectivity index (χ3v) is 4.11. The summed E-state index contributed by atoms with van der Waals surface area (Å²) in [5, 5.41) is 10.1. The highest BCUT2D eigenvalue weighted by Crippen LogP contribution is 2.21. The molecular weight excluding hydrogens is 226 g/mol. The third-order valence-electron chi connectivity index (χ3n) is 2.48. The summed E-state index contributed by atoms with van der Waals surface area (Å²) in [5.41, 5.74) is 1.49. The molecule has 5 heteroatoms. The highest BCUT2D eigenvalue weighted by molar-refractivity contribution is 7.90. The lowest BCUT2D eigenvalue weighted by Gasteiger charge is -1.97. The largest absolute Gasteiger partial charge is 0.508 e. The fourth-order valence-electron chi connectivity index (χ4n) is 1.60. The molecule has 0 bridgehead atoms. The molecule has 1 heterocycles. The van der Waals surface area contributed by atoms with Gasteiger partial charge in [-0.3, -0.25) is 0 Å². The Morgan fingerprint density at radius 1 is 1.31 bits per heavy atom. The van der Waals surface area contributed by atoms with Crippen molar-refractivity contribution in [3.63, 3.8) is 0 Å². The highest BCUT2D eigenvalue weighted by Gasteiger charge is 2.11. The Morgan fingerprint density at radius 3 is 2.75 bits per heavy atom. The van der Waals surface area contributed by atoms with Gasteiger partial charge in [-0.2, -0.15) is 0 Å². The molecule has 0 saturated carbocycles. The zero-order chi connectivity index (χ0) is 11.8. The second kappa shape index (κ2) is 3.83. The summed E-state index contributed by atoms with van der Waals surface area (Å²) in [5.74, 6) is 0.323. The molecule has 0 amide bonds. The van der Waals surface area contributed by atoms with Crippen molar-refractivity contribution in [2.45, 2.75) is 12.7 Å². The summed E-state index contributed by atoms with van der Waals surface area (Å²) in [7, 11) is -3.02. The smallest absolute Gasteiger partial charge is 0.155 e. The maximum absolute atomic E-state index is 11.4. The number of hydrogen-bond donors (Lipinski definition) is 2. The molecule has 2 rings (SSSR count). The average Bonchev–Trinajstić information content (AvgIpc) is 2.58. The molecule has 0 atom stereocenters. The number of phenols is 1. The van der Waals surface area contributed by atoms with E-state index in [0.29, 0.717) is 5.69 Å². The van der Waals surface area contributed by atoms with E-state index >= 15 is 0 Å². The fraction of sp³-hybridized carbons (Fsp3) is 0.273. The number of rotatable bonds is 3. The van der Waals surface area contributed by atoms with Crippen LogP contribution in [0.3, 0.4) is 0 Å². The van der Waals surface area contributed by atoms with Crippen LogP contribution in [0.15, 0.2) is 24.3 Å². The number of aromatic nitrogens is 1. The van der Waals surface area contributed by atoms with Gasteiger partial charge < -0.3 is 10.1 Å². The standard InChI is InChI=1S/C11H13NO3S/c1-2-16(14,15)7-9-5-8-6-10(13)3-4-11(8)12-9/h3-6,12-13H,2,7H2,1H3. The molecule has 0 aliphatic rings. The Morgan fingerprint density at radius 2 is 2.06 bits per heavy atom. The number of fused-ring (bicyclic) bond motifs is 1. The van der Waals surface area contributed by atoms with Crippen LogP contribution in [-0.2, 0) is 15.6 Å². The number of aromatic hydroxyl groups is 1. The summed E-state index contributed by atoms with van der Waals surface area (Å²) in [4.78, 5) is 3.02. The van der Waals surface area contributed by atoms with Crippen LogP contribution < -0.4 is 0 Å². The van der Waals surface area contributed by atoms with Gasteiger partial charge >= 0.3 is 0 Å². The first-order valence-corrected chi connectivity index (χ1v) is 6.83. The van der Waals surface area contributed by atoms with Crippen molar-refractivity contribution >= 4 is 20.7 Å². The molecule has 86 valence electrons. The predicted molar refractivity (Wildman–Crippen MR) is 63.1 cm³/mol. The van der Waals surface area contributed by atoms with Gasteiger partial charge in [-0.15, -0.1) is 0 Å². The van der Waals surface area contributed by atoms with Crippen LogP contribution in [0, 0.1) is 0 Å². The number of sulfone groups is 1. The number of H-pyrrole nitrogens is 1. The summed E-state index contributed by atoms with van der Waals surface area (Å²) < 4.78 is 22.9. The van der Waals surface area contributed by atoms with Gasteiger partial charge in [0.1, 0.15) is 5.75 Å². The van der Waals surface area contributed by atoms with E-state index in [1.807, 2.05) is 0 Å². The van der Waals surface area contributed by atoms with E-state index in [0.717, 1.165) is 10.9 Å². The Hall–Kier alpha value is -1.49. The second-order valence-corrected chi connectivity index (χ2v) is 6.10. The Labute approximate surface area is 93.8 Å². The van der Waals surface area contributed by atoms with E-state index in [1.165, 1.54) is 0 Å². The molecule has 0 fully saturated rings. The molecular formula is C11H13NO3S. The van der Waals surface area contributed by atoms with Gasteiger partial charge in [0.25, 0.3) is 0 Å². The van der Waals surface area contributed by atoms with Crippen LogP contribution in [0.4, 0.5) is 0 Å². The molecule has 0 unspecified atom stereocenters. The van der Waals surface area contributed by atoms with Gasteiger partial charge in [-0.1, -0.05) is 6.92 Å². The summed E-state index contributed by atoms with van der Waals surface area (Å²) >= 11 is 0. The van der Waals surface area contributed by atoms with Crippen LogP contribution in [-0.4, -0.2) is 24.3 Å². The van der Waals surface area contributed by atoms with Crippen LogP contribution in [0.2, 0.25) is 0 Å². The molecule has 2 N–H and O–H groups in total. The minimum Gasteiger partial charge on any atom is -0.508 e. The first-order valence-electron chi connectivity index (χ1n) is 5.01. The van der Waals surface area contributed by atoms with E-state index in [9.17, 15) is 13.5 Å². The first kappa shape index (κ1) is 11.0. The molecule has 0 aliphatic heterocycles. The predicted octanol–water partition coefficient (Wildman–Crippen LogP) is 1.81. The van der Waals surface area contributed by atoms with Crippen molar-refractivity contribution in [3.05, 3.63) is 30.0 Å². The molecule has 16 heavy (non-hydrogen) atoms. The normalized spacial score (nSPS) is 12.1. The fourth-order valence-corrected chi connectivity index (χ4v) is 2.43. The zero-order valence-corrected chi connectivity index (χ0v) is 9.71. The molecule has 1 aromatic heterocycles. The Bertz CT molecular complexity index is 613. The van der Waals surface area contributed by atoms with Crippen LogP contribution in [0.25, 0.3) is 10.9 Å². The minimum absolute atomic E-state index is 0.0128. The summed E-state index contributed by atoms with van der Waals surface area (Å²) in [6, 6.07) is 6.65. The lowest BCUT2D eigenvalue weighted by Crippen LogP contribution is -2.06. The van der Waals surface area contributed by atoms with Gasteiger partial charge in [-0.25, -0.2) is 8.42 Å². The summed E-state index contributed by atoms with van der Waals surface area (Å²) in [6.07, 6.45) is 0. The summed E-state index contributed by atoms with van der Waals surface area (Å²) in [6.45, 7) is 1.63. The lowest BCUT2D eigenvalue weighted by atomic mass is 10.2. The molecule has 1 aromatic carbocycles. The van der Waals surface area contributed by atoms with E-state index in [-0.39, 0.29) is 17.3 Å². The van der Waals surface area contributed by atoms with Crippen molar-refractivity contribution in [3.8, 4) is 5.75 Å². The monoisotopic (exact) mass is 239 g/mol. The van der Waals surface area contributed by atoms with Crippen molar-refractivity contribution in [1.29, 1.82) is 0 Å². The number of hydrogen-bond acceptors (Lipinski definition) is 3. The topological polar surface area (TPSA) is 70.2 Å². The van der Waals surface area contributed by atoms with Crippen molar-refractivity contribution in [2.24, 2.45) is 0 Å². The minimum atomic E-state index is -3.02. The van der Waals surface area contributed by atoms with Gasteiger partial charge in [0.05, 0.1) is 5.75 Å². The molecule has 0 aliphatic carbocycles. The maximum atomic E-state index is 11.4. The van der Waals surface area contributed by atoms with Crippen molar-refractivity contribution < 1.29 is 13.5 Å². The highest BCUT2D eigenvalue weighted by atomic mass is 32.2. The van der Waals surface area contributed by atoms with E-state index in [1.54, 1.807) is 31.2 Å². The molecule has 0 saturated heterocycles. The van der Waals surface area contributed by atoms with Crippen LogP contribution in [0.5, 0.6) is 5.75 Å². The third kappa shape index (κ3) is 2.19. The number of nitrogens with one attached hydrogen (secondary N) is 1. The number of aromatic amines is 1. The van der Waals surface area contributed by atoms with Crippen molar-refractivity contribution in [1.82, 2.24) is 4.98 Å². The van der Waals surface area contributed by atoms with Crippen molar-refractivity contribution in [2.75, 3.05) is 5.75 Å². The first-order chi connectivity index (χ1) is 7.50. The molecule has 0 radical (unpaired) electrons. The molecule has 2 aromatic rings. The maximum Gasteiger partial charge on any atom is 0.155 e. The molecule has 4 nitrogen and oxygen atoms in total. The zero-order valence-electron chi connectivity index (χ0n) is 8.90. The Kier molecular flexibility index (Phi) is 2.63. The van der Waals surface area contributed by atoms with Gasteiger partial charge in [0.2, 0.25) is 0 Å². The number of benzene rings is 1. The SMILES string of the molecule is CCS(=O)(=O)Cc1cc2cc(O)ccc2[nH]1. The van der Waals surface area contributed by atoms with Gasteiger partial charge in [-0.05, 0) is 24.3 Å². The average molecular weight is 239 g/mol.